The number of methoxy groups -OCH3 is 1. The van der Waals surface area contributed by atoms with Crippen molar-refractivity contribution < 1.29 is 13.9 Å². The number of amides is 1. The summed E-state index contributed by atoms with van der Waals surface area (Å²) in [5.74, 6) is 1.67. The van der Waals surface area contributed by atoms with Gasteiger partial charge in [-0.1, -0.05) is 37.5 Å². The van der Waals surface area contributed by atoms with Crippen LogP contribution in [0.4, 0.5) is 10.1 Å². The highest BCUT2D eigenvalue weighted by Gasteiger charge is 2.26. The predicted molar refractivity (Wildman–Crippen MR) is 131 cm³/mol. The van der Waals surface area contributed by atoms with Gasteiger partial charge in [0.1, 0.15) is 11.6 Å². The number of piperidine rings is 1. The van der Waals surface area contributed by atoms with Crippen LogP contribution in [-0.2, 0) is 4.79 Å². The lowest BCUT2D eigenvalue weighted by atomic mass is 9.86. The van der Waals surface area contributed by atoms with Crippen LogP contribution >= 0.6 is 0 Å². The van der Waals surface area contributed by atoms with Gasteiger partial charge in [0.2, 0.25) is 5.91 Å². The molecule has 2 aromatic rings. The van der Waals surface area contributed by atoms with Crippen molar-refractivity contribution in [1.82, 2.24) is 4.90 Å². The van der Waals surface area contributed by atoms with Gasteiger partial charge in [-0.25, -0.2) is 4.39 Å². The van der Waals surface area contributed by atoms with Crippen molar-refractivity contribution in [1.29, 1.82) is 0 Å². The third kappa shape index (κ3) is 6.35. The zero-order valence-electron chi connectivity index (χ0n) is 19.8. The van der Waals surface area contributed by atoms with Gasteiger partial charge in [-0.3, -0.25) is 4.79 Å². The van der Waals surface area contributed by atoms with Crippen LogP contribution in [-0.4, -0.2) is 44.1 Å². The fourth-order valence-electron chi connectivity index (χ4n) is 5.49. The van der Waals surface area contributed by atoms with E-state index in [9.17, 15) is 9.18 Å². The van der Waals surface area contributed by atoms with Crippen LogP contribution < -0.4 is 9.64 Å². The van der Waals surface area contributed by atoms with Crippen LogP contribution in [0.5, 0.6) is 5.75 Å². The van der Waals surface area contributed by atoms with Crippen LogP contribution in [0.25, 0.3) is 0 Å². The molecule has 0 bridgehead atoms. The van der Waals surface area contributed by atoms with Gasteiger partial charge in [0.05, 0.1) is 7.11 Å². The Morgan fingerprint density at radius 2 is 1.76 bits per heavy atom. The van der Waals surface area contributed by atoms with Crippen molar-refractivity contribution in [2.24, 2.45) is 5.92 Å². The molecule has 0 atom stereocenters. The van der Waals surface area contributed by atoms with Crippen molar-refractivity contribution in [3.8, 4) is 5.75 Å². The van der Waals surface area contributed by atoms with Crippen molar-refractivity contribution in [2.75, 3.05) is 38.2 Å². The number of anilines is 1. The molecule has 1 aliphatic carbocycles. The van der Waals surface area contributed by atoms with Crippen LogP contribution in [0.3, 0.4) is 0 Å². The number of para-hydroxylation sites is 1. The summed E-state index contributed by atoms with van der Waals surface area (Å²) in [5, 5.41) is 0. The molecule has 1 aliphatic heterocycles. The van der Waals surface area contributed by atoms with Gasteiger partial charge < -0.3 is 14.5 Å². The number of halogens is 1. The van der Waals surface area contributed by atoms with E-state index in [0.29, 0.717) is 24.8 Å². The van der Waals surface area contributed by atoms with E-state index in [2.05, 4.69) is 4.90 Å². The fraction of sp³-hybridized carbons (Fsp3) is 0.536. The Bertz CT molecular complexity index is 890. The molecular weight excluding hydrogens is 415 g/mol. The third-order valence-electron chi connectivity index (χ3n) is 7.42. The lowest BCUT2D eigenvalue weighted by Crippen LogP contribution is -2.42. The number of hydrogen-bond acceptors (Lipinski definition) is 3. The Hall–Kier alpha value is -2.40. The summed E-state index contributed by atoms with van der Waals surface area (Å²) in [5.41, 5.74) is 1.98. The maximum atomic E-state index is 13.8. The molecule has 178 valence electrons. The molecule has 0 unspecified atom stereocenters. The fourth-order valence-corrected chi connectivity index (χ4v) is 5.49. The number of hydrogen-bond donors (Lipinski definition) is 0. The van der Waals surface area contributed by atoms with Gasteiger partial charge in [0, 0.05) is 30.8 Å². The SMILES string of the molecule is COc1ccc(F)cc1C1CCN(CCN(C(=O)CC2CCCCC2)c2ccccc2)CC1. The van der Waals surface area contributed by atoms with Crippen LogP contribution in [0.15, 0.2) is 48.5 Å². The lowest BCUT2D eigenvalue weighted by molar-refractivity contribution is -0.119. The summed E-state index contributed by atoms with van der Waals surface area (Å²) in [6, 6.07) is 14.9. The van der Waals surface area contributed by atoms with Crippen LogP contribution in [0.2, 0.25) is 0 Å². The molecule has 2 fully saturated rings. The molecule has 33 heavy (non-hydrogen) atoms. The molecule has 0 N–H and O–H groups in total. The molecular formula is C28H37FN2O2. The molecule has 1 heterocycles. The van der Waals surface area contributed by atoms with E-state index >= 15 is 0 Å². The number of rotatable bonds is 8. The Morgan fingerprint density at radius 1 is 1.03 bits per heavy atom. The van der Waals surface area contributed by atoms with Crippen LogP contribution in [0, 0.1) is 11.7 Å². The molecule has 4 rings (SSSR count). The lowest BCUT2D eigenvalue weighted by Gasteiger charge is -2.34. The van der Waals surface area contributed by atoms with E-state index in [1.807, 2.05) is 35.2 Å². The second-order valence-electron chi connectivity index (χ2n) is 9.59. The number of benzene rings is 2. The van der Waals surface area contributed by atoms with Gasteiger partial charge in [0.25, 0.3) is 0 Å². The highest BCUT2D eigenvalue weighted by Crippen LogP contribution is 2.35. The summed E-state index contributed by atoms with van der Waals surface area (Å²) in [6.45, 7) is 3.47. The van der Waals surface area contributed by atoms with E-state index < -0.39 is 0 Å². The molecule has 4 nitrogen and oxygen atoms in total. The number of carbonyl (C=O) groups is 1. The van der Waals surface area contributed by atoms with E-state index in [4.69, 9.17) is 4.74 Å². The van der Waals surface area contributed by atoms with Gasteiger partial charge in [0.15, 0.2) is 0 Å². The second-order valence-corrected chi connectivity index (χ2v) is 9.59. The summed E-state index contributed by atoms with van der Waals surface area (Å²) in [6.07, 6.45) is 8.81. The van der Waals surface area contributed by atoms with Crippen LogP contribution in [0.1, 0.15) is 62.8 Å². The maximum Gasteiger partial charge on any atom is 0.227 e. The summed E-state index contributed by atoms with van der Waals surface area (Å²) in [4.78, 5) is 17.7. The highest BCUT2D eigenvalue weighted by molar-refractivity contribution is 5.93. The summed E-state index contributed by atoms with van der Waals surface area (Å²) < 4.78 is 19.3. The van der Waals surface area contributed by atoms with Crippen molar-refractivity contribution in [3.63, 3.8) is 0 Å². The van der Waals surface area contributed by atoms with E-state index in [1.54, 1.807) is 19.2 Å². The molecule has 0 aromatic heterocycles. The van der Waals surface area contributed by atoms with Gasteiger partial charge >= 0.3 is 0 Å². The molecule has 1 saturated heterocycles. The number of likely N-dealkylation sites (tertiary alicyclic amines) is 1. The zero-order chi connectivity index (χ0) is 23.0. The standard InChI is InChI=1S/C28H37FN2O2/c1-33-27-13-12-24(29)21-26(27)23-14-16-30(17-15-23)18-19-31(25-10-6-3-7-11-25)28(32)20-22-8-4-2-5-9-22/h3,6-7,10-13,21-23H,2,4-5,8-9,14-20H2,1H3. The highest BCUT2D eigenvalue weighted by atomic mass is 19.1. The predicted octanol–water partition coefficient (Wildman–Crippen LogP) is 6.02. The quantitative estimate of drug-likeness (QED) is 0.491. The first-order chi connectivity index (χ1) is 16.1. The molecule has 0 spiro atoms. The first-order valence-electron chi connectivity index (χ1n) is 12.5. The maximum absolute atomic E-state index is 13.8. The molecule has 2 aliphatic rings. The number of ether oxygens (including phenoxy) is 1. The van der Waals surface area contributed by atoms with Crippen molar-refractivity contribution in [2.45, 2.75) is 57.3 Å². The topological polar surface area (TPSA) is 32.8 Å². The Balaban J connectivity index is 1.34. The minimum atomic E-state index is -0.205. The molecule has 2 aromatic carbocycles. The van der Waals surface area contributed by atoms with Gasteiger partial charge in [-0.05, 0) is 80.9 Å². The first-order valence-corrected chi connectivity index (χ1v) is 12.5. The van der Waals surface area contributed by atoms with Gasteiger partial charge in [-0.2, -0.15) is 0 Å². The largest absolute Gasteiger partial charge is 0.496 e. The Labute approximate surface area is 197 Å². The normalized spacial score (nSPS) is 18.2. The minimum Gasteiger partial charge on any atom is -0.496 e. The average molecular weight is 453 g/mol. The van der Waals surface area contributed by atoms with Crippen molar-refractivity contribution in [3.05, 3.63) is 59.9 Å². The Morgan fingerprint density at radius 3 is 2.45 bits per heavy atom. The molecule has 1 saturated carbocycles. The third-order valence-corrected chi connectivity index (χ3v) is 7.42. The average Bonchev–Trinajstić information content (AvgIpc) is 2.86. The van der Waals surface area contributed by atoms with Gasteiger partial charge in [-0.15, -0.1) is 0 Å². The van der Waals surface area contributed by atoms with E-state index in [1.165, 1.54) is 38.2 Å². The summed E-state index contributed by atoms with van der Waals surface area (Å²) in [7, 11) is 1.65. The zero-order valence-corrected chi connectivity index (χ0v) is 19.8. The first kappa shape index (κ1) is 23.7. The monoisotopic (exact) mass is 452 g/mol. The number of nitrogens with zero attached hydrogens (tertiary/aromatic N) is 2. The number of carbonyl (C=O) groups excluding carboxylic acids is 1. The molecule has 0 radical (unpaired) electrons. The summed E-state index contributed by atoms with van der Waals surface area (Å²) >= 11 is 0. The van der Waals surface area contributed by atoms with Crippen molar-refractivity contribution >= 4 is 11.6 Å². The smallest absolute Gasteiger partial charge is 0.227 e. The molecule has 5 heteroatoms. The Kier molecular flexibility index (Phi) is 8.38. The van der Waals surface area contributed by atoms with E-state index in [0.717, 1.165) is 49.5 Å². The van der Waals surface area contributed by atoms with E-state index in [-0.39, 0.29) is 11.7 Å². The second kappa shape index (κ2) is 11.6. The minimum absolute atomic E-state index is 0.205. The molecule has 1 amide bonds.